The number of nitrogens with zero attached hydrogens (tertiary/aromatic N) is 3. The third-order valence-electron chi connectivity index (χ3n) is 5.37. The number of hydrogen-bond acceptors (Lipinski definition) is 6. The summed E-state index contributed by atoms with van der Waals surface area (Å²) in [7, 11) is 1.53. The van der Waals surface area contributed by atoms with E-state index in [2.05, 4.69) is 37.9 Å². The minimum Gasteiger partial charge on any atom is -0.495 e. The van der Waals surface area contributed by atoms with Gasteiger partial charge in [-0.05, 0) is 46.3 Å². The smallest absolute Gasteiger partial charge is 0.251 e. The zero-order chi connectivity index (χ0) is 20.5. The van der Waals surface area contributed by atoms with Gasteiger partial charge in [0.15, 0.2) is 0 Å². The zero-order valence-corrected chi connectivity index (χ0v) is 19.1. The van der Waals surface area contributed by atoms with E-state index >= 15 is 0 Å². The number of anilines is 1. The predicted molar refractivity (Wildman–Crippen MR) is 118 cm³/mol. The van der Waals surface area contributed by atoms with Crippen molar-refractivity contribution < 1.29 is 14.3 Å². The van der Waals surface area contributed by atoms with E-state index in [1.54, 1.807) is 29.5 Å². The number of rotatable bonds is 5. The van der Waals surface area contributed by atoms with Crippen molar-refractivity contribution in [3.8, 4) is 5.75 Å². The molecule has 6 nitrogen and oxygen atoms in total. The number of hydrogen-bond donors (Lipinski definition) is 0. The SMILES string of the molecule is COc1ccc(N2C(=O)CC(N3CCN(Cc4ccc(Br)s4)CC3)C2=O)cc1Cl. The van der Waals surface area contributed by atoms with Crippen LogP contribution in [-0.2, 0) is 16.1 Å². The van der Waals surface area contributed by atoms with Crippen molar-refractivity contribution >= 4 is 56.4 Å². The molecule has 0 radical (unpaired) electrons. The first-order chi connectivity index (χ1) is 14.0. The average molecular weight is 499 g/mol. The molecule has 154 valence electrons. The third-order valence-corrected chi connectivity index (χ3v) is 7.28. The molecule has 1 aromatic heterocycles. The standard InChI is InChI=1S/C20H21BrClN3O3S/c1-28-17-4-2-13(10-15(17)22)25-19(26)11-16(20(25)27)24-8-6-23(7-9-24)12-14-3-5-18(21)29-14/h2-5,10,16H,6-9,11-12H2,1H3. The van der Waals surface area contributed by atoms with Crippen LogP contribution in [0.25, 0.3) is 0 Å². The van der Waals surface area contributed by atoms with Gasteiger partial charge < -0.3 is 4.74 Å². The predicted octanol–water partition coefficient (Wildman–Crippen LogP) is 3.62. The number of thiophene rings is 1. The Morgan fingerprint density at radius 2 is 1.93 bits per heavy atom. The number of imide groups is 1. The van der Waals surface area contributed by atoms with Crippen LogP contribution in [0.3, 0.4) is 0 Å². The van der Waals surface area contributed by atoms with Crippen LogP contribution in [0.1, 0.15) is 11.3 Å². The summed E-state index contributed by atoms with van der Waals surface area (Å²) in [6.45, 7) is 4.21. The van der Waals surface area contributed by atoms with E-state index in [-0.39, 0.29) is 18.2 Å². The number of halogens is 2. The summed E-state index contributed by atoms with van der Waals surface area (Å²) in [6.07, 6.45) is 0.209. The first kappa shape index (κ1) is 20.8. The summed E-state index contributed by atoms with van der Waals surface area (Å²) in [5, 5.41) is 0.378. The van der Waals surface area contributed by atoms with Crippen LogP contribution in [-0.4, -0.2) is 60.9 Å². The molecule has 4 rings (SSSR count). The Hall–Kier alpha value is -1.45. The first-order valence-electron chi connectivity index (χ1n) is 9.37. The lowest BCUT2D eigenvalue weighted by molar-refractivity contribution is -0.123. The molecule has 0 aliphatic carbocycles. The second-order valence-corrected chi connectivity index (χ2v) is 10.1. The third kappa shape index (κ3) is 4.36. The minimum absolute atomic E-state index is 0.174. The summed E-state index contributed by atoms with van der Waals surface area (Å²) in [4.78, 5) is 32.7. The van der Waals surface area contributed by atoms with E-state index < -0.39 is 6.04 Å². The van der Waals surface area contributed by atoms with Gasteiger partial charge >= 0.3 is 0 Å². The van der Waals surface area contributed by atoms with Crippen molar-refractivity contribution in [1.82, 2.24) is 9.80 Å². The van der Waals surface area contributed by atoms with Crippen LogP contribution in [0.2, 0.25) is 5.02 Å². The molecule has 2 amide bonds. The highest BCUT2D eigenvalue weighted by Gasteiger charge is 2.43. The summed E-state index contributed by atoms with van der Waals surface area (Å²) in [5.74, 6) is 0.152. The van der Waals surface area contributed by atoms with Gasteiger partial charge in [-0.25, -0.2) is 4.90 Å². The van der Waals surface area contributed by atoms with Crippen molar-refractivity contribution in [3.63, 3.8) is 0 Å². The Kier molecular flexibility index (Phi) is 6.27. The molecule has 0 N–H and O–H groups in total. The molecule has 0 saturated carbocycles. The summed E-state index contributed by atoms with van der Waals surface area (Å²) in [6, 6.07) is 8.78. The van der Waals surface area contributed by atoms with Crippen LogP contribution in [0, 0.1) is 0 Å². The van der Waals surface area contributed by atoms with E-state index in [1.807, 2.05) is 0 Å². The van der Waals surface area contributed by atoms with E-state index in [4.69, 9.17) is 16.3 Å². The van der Waals surface area contributed by atoms with Crippen LogP contribution < -0.4 is 9.64 Å². The van der Waals surface area contributed by atoms with Crippen molar-refractivity contribution in [3.05, 3.63) is 44.0 Å². The molecule has 2 saturated heterocycles. The maximum atomic E-state index is 13.0. The lowest BCUT2D eigenvalue weighted by Gasteiger charge is -2.36. The maximum Gasteiger partial charge on any atom is 0.251 e. The number of methoxy groups -OCH3 is 1. The molecular weight excluding hydrogens is 478 g/mol. The van der Waals surface area contributed by atoms with Crippen LogP contribution in [0.15, 0.2) is 34.1 Å². The minimum atomic E-state index is -0.401. The Balaban J connectivity index is 1.39. The van der Waals surface area contributed by atoms with Gasteiger partial charge in [-0.3, -0.25) is 19.4 Å². The van der Waals surface area contributed by atoms with Crippen LogP contribution in [0.4, 0.5) is 5.69 Å². The molecule has 2 aromatic rings. The summed E-state index contributed by atoms with van der Waals surface area (Å²) < 4.78 is 6.29. The second-order valence-electron chi connectivity index (χ2n) is 7.12. The lowest BCUT2D eigenvalue weighted by Crippen LogP contribution is -2.52. The van der Waals surface area contributed by atoms with Gasteiger partial charge in [0.1, 0.15) is 5.75 Å². The maximum absolute atomic E-state index is 13.0. The highest BCUT2D eigenvalue weighted by atomic mass is 79.9. The lowest BCUT2D eigenvalue weighted by atomic mass is 10.1. The van der Waals surface area contributed by atoms with Gasteiger partial charge in [-0.2, -0.15) is 0 Å². The topological polar surface area (TPSA) is 53.1 Å². The molecule has 29 heavy (non-hydrogen) atoms. The van der Waals surface area contributed by atoms with Gasteiger partial charge in [0.05, 0.1) is 34.1 Å². The van der Waals surface area contributed by atoms with E-state index in [0.29, 0.717) is 16.5 Å². The Morgan fingerprint density at radius 3 is 2.55 bits per heavy atom. The van der Waals surface area contributed by atoms with Crippen molar-refractivity contribution in [2.24, 2.45) is 0 Å². The number of ether oxygens (including phenoxy) is 1. The highest BCUT2D eigenvalue weighted by molar-refractivity contribution is 9.11. The Labute approximate surface area is 187 Å². The molecule has 1 atom stereocenters. The summed E-state index contributed by atoms with van der Waals surface area (Å²) in [5.41, 5.74) is 0.496. The Bertz CT molecular complexity index is 929. The molecule has 1 unspecified atom stereocenters. The fourth-order valence-corrected chi connectivity index (χ4v) is 5.63. The van der Waals surface area contributed by atoms with Crippen molar-refractivity contribution in [1.29, 1.82) is 0 Å². The average Bonchev–Trinajstić information content (AvgIpc) is 3.24. The Morgan fingerprint density at radius 1 is 1.17 bits per heavy atom. The zero-order valence-electron chi connectivity index (χ0n) is 15.9. The molecule has 3 heterocycles. The molecule has 0 spiro atoms. The van der Waals surface area contributed by atoms with E-state index in [9.17, 15) is 9.59 Å². The van der Waals surface area contributed by atoms with Gasteiger partial charge in [-0.15, -0.1) is 11.3 Å². The number of carbonyl (C=O) groups is 2. The monoisotopic (exact) mass is 497 g/mol. The van der Waals surface area contributed by atoms with Gasteiger partial charge in [0, 0.05) is 37.6 Å². The fourth-order valence-electron chi connectivity index (χ4n) is 3.86. The van der Waals surface area contributed by atoms with E-state index in [1.165, 1.54) is 16.9 Å². The second kappa shape index (κ2) is 8.73. The van der Waals surface area contributed by atoms with Crippen molar-refractivity contribution in [2.45, 2.75) is 19.0 Å². The van der Waals surface area contributed by atoms with Crippen LogP contribution in [0.5, 0.6) is 5.75 Å². The number of carbonyl (C=O) groups excluding carboxylic acids is 2. The molecule has 9 heteroatoms. The first-order valence-corrected chi connectivity index (χ1v) is 11.4. The molecular formula is C20H21BrClN3O3S. The number of benzene rings is 1. The summed E-state index contributed by atoms with van der Waals surface area (Å²) >= 11 is 11.4. The molecule has 2 aliphatic heterocycles. The largest absolute Gasteiger partial charge is 0.495 e. The number of piperazine rings is 1. The molecule has 1 aromatic carbocycles. The highest BCUT2D eigenvalue weighted by Crippen LogP contribution is 2.33. The van der Waals surface area contributed by atoms with Crippen LogP contribution >= 0.6 is 38.9 Å². The normalized spacial score (nSPS) is 21.2. The number of amides is 2. The van der Waals surface area contributed by atoms with Gasteiger partial charge in [0.25, 0.3) is 5.91 Å². The molecule has 2 aliphatic rings. The fraction of sp³-hybridized carbons (Fsp3) is 0.400. The van der Waals surface area contributed by atoms with Gasteiger partial charge in [0.2, 0.25) is 5.91 Å². The van der Waals surface area contributed by atoms with Gasteiger partial charge in [-0.1, -0.05) is 11.6 Å². The molecule has 2 fully saturated rings. The van der Waals surface area contributed by atoms with E-state index in [0.717, 1.165) is 36.5 Å². The molecule has 0 bridgehead atoms. The van der Waals surface area contributed by atoms with Crippen molar-refractivity contribution in [2.75, 3.05) is 38.2 Å². The quantitative estimate of drug-likeness (QED) is 0.590.